The zero-order valence-corrected chi connectivity index (χ0v) is 13.1. The number of hydrogen-bond donors (Lipinski definition) is 0. The van der Waals surface area contributed by atoms with Crippen LogP contribution < -0.4 is 8.37 Å². The maximum atomic E-state index is 4.73. The van der Waals surface area contributed by atoms with E-state index < -0.39 is 0 Å². The van der Waals surface area contributed by atoms with E-state index in [1.807, 2.05) is 11.3 Å². The number of thiazole rings is 1. The van der Waals surface area contributed by atoms with Crippen molar-refractivity contribution in [2.45, 2.75) is 0 Å². The molecule has 1 nitrogen and oxygen atoms in total. The number of hydrogen-bond acceptors (Lipinski definition) is 2. The molecule has 0 unspecified atom stereocenters. The quantitative estimate of drug-likeness (QED) is 0.511. The minimum absolute atomic E-state index is 0.285. The van der Waals surface area contributed by atoms with Crippen LogP contribution in [0.3, 0.4) is 0 Å². The van der Waals surface area contributed by atoms with Crippen LogP contribution in [0.15, 0.2) is 66.7 Å². The fraction of sp³-hybridized carbons (Fsp3) is 0. The summed E-state index contributed by atoms with van der Waals surface area (Å²) in [6, 6.07) is 23.6. The van der Waals surface area contributed by atoms with Gasteiger partial charge in [0.2, 0.25) is 0 Å². The number of fused-ring (bicyclic) bond motifs is 2. The Balaban J connectivity index is 1.72. The summed E-state index contributed by atoms with van der Waals surface area (Å²) in [5, 5.41) is 2.62. The minimum atomic E-state index is 0.285. The van der Waals surface area contributed by atoms with Crippen LogP contribution >= 0.6 is 11.3 Å². The van der Waals surface area contributed by atoms with Gasteiger partial charge in [0, 0.05) is 0 Å². The van der Waals surface area contributed by atoms with Crippen molar-refractivity contribution in [1.82, 2.24) is 4.98 Å². The van der Waals surface area contributed by atoms with Crippen molar-refractivity contribution in [3.8, 4) is 0 Å². The van der Waals surface area contributed by atoms with Crippen LogP contribution in [0.5, 0.6) is 0 Å². The molecule has 0 amide bonds. The Hall–Kier alpha value is -1.67. The van der Waals surface area contributed by atoms with Crippen LogP contribution in [-0.4, -0.2) is 19.9 Å². The van der Waals surface area contributed by atoms with Crippen molar-refractivity contribution in [3.63, 3.8) is 0 Å². The zero-order valence-electron chi connectivity index (χ0n) is 10.6. The molecule has 96 valence electrons. The van der Waals surface area contributed by atoms with Crippen LogP contribution in [0, 0.1) is 0 Å². The second-order valence-electron chi connectivity index (χ2n) is 4.56. The molecule has 0 saturated carbocycles. The van der Waals surface area contributed by atoms with Gasteiger partial charge in [-0.05, 0) is 0 Å². The Bertz CT molecular complexity index is 864. The molecule has 3 heteroatoms. The van der Waals surface area contributed by atoms with Gasteiger partial charge in [0.15, 0.2) is 0 Å². The Morgan fingerprint density at radius 2 is 1.60 bits per heavy atom. The van der Waals surface area contributed by atoms with Crippen molar-refractivity contribution in [3.05, 3.63) is 66.7 Å². The van der Waals surface area contributed by atoms with E-state index >= 15 is 0 Å². The van der Waals surface area contributed by atoms with Crippen molar-refractivity contribution in [2.75, 3.05) is 0 Å². The van der Waals surface area contributed by atoms with Crippen molar-refractivity contribution >= 4 is 55.7 Å². The average molecular weight is 340 g/mol. The third kappa shape index (κ3) is 2.25. The van der Waals surface area contributed by atoms with E-state index in [1.54, 1.807) is 0 Å². The molecule has 0 fully saturated rings. The molecule has 0 aliphatic heterocycles. The van der Waals surface area contributed by atoms with Crippen LogP contribution in [0.2, 0.25) is 0 Å². The van der Waals surface area contributed by atoms with Crippen LogP contribution in [-0.2, 0) is 0 Å². The molecule has 0 bridgehead atoms. The molecular weight excluding hydrogens is 329 g/mol. The molecule has 3 aromatic carbocycles. The topological polar surface area (TPSA) is 12.9 Å². The monoisotopic (exact) mass is 341 g/mol. The summed E-state index contributed by atoms with van der Waals surface area (Å²) in [5.74, 6) is 0. The molecule has 4 rings (SSSR count). The first-order valence-corrected chi connectivity index (χ1v) is 8.94. The first-order chi connectivity index (χ1) is 9.88. The summed E-state index contributed by atoms with van der Waals surface area (Å²) in [7, 11) is 0. The summed E-state index contributed by atoms with van der Waals surface area (Å²) >= 11 is 2.10. The molecule has 0 aliphatic rings. The summed E-state index contributed by atoms with van der Waals surface area (Å²) in [6.45, 7) is 0. The second-order valence-corrected chi connectivity index (χ2v) is 8.40. The molecule has 1 aromatic heterocycles. The number of rotatable bonds is 2. The maximum absolute atomic E-state index is 4.73. The Labute approximate surface area is 127 Å². The Kier molecular flexibility index (Phi) is 3.04. The van der Waals surface area contributed by atoms with Crippen LogP contribution in [0.25, 0.3) is 21.0 Å². The average Bonchev–Trinajstić information content (AvgIpc) is 2.89. The fourth-order valence-corrected chi connectivity index (χ4v) is 5.69. The number of para-hydroxylation sites is 1. The first kappa shape index (κ1) is 12.1. The van der Waals surface area contributed by atoms with Crippen molar-refractivity contribution in [1.29, 1.82) is 0 Å². The number of benzene rings is 3. The molecule has 0 saturated heterocycles. The summed E-state index contributed by atoms with van der Waals surface area (Å²) in [4.78, 5) is 4.73. The molecule has 0 spiro atoms. The standard InChI is InChI=1S/C17H11NSSe/c1-2-6-13-11-14(10-9-12(13)5-1)20-17-18-15-7-3-4-8-16(15)19-17/h1-11H. The van der Waals surface area contributed by atoms with Gasteiger partial charge in [-0.25, -0.2) is 0 Å². The van der Waals surface area contributed by atoms with Crippen molar-refractivity contribution in [2.24, 2.45) is 0 Å². The molecule has 0 N–H and O–H groups in total. The van der Waals surface area contributed by atoms with Crippen LogP contribution in [0.1, 0.15) is 0 Å². The normalized spacial score (nSPS) is 11.2. The van der Waals surface area contributed by atoms with Gasteiger partial charge >= 0.3 is 127 Å². The van der Waals surface area contributed by atoms with Gasteiger partial charge < -0.3 is 0 Å². The van der Waals surface area contributed by atoms with Gasteiger partial charge in [-0.1, -0.05) is 0 Å². The molecule has 20 heavy (non-hydrogen) atoms. The first-order valence-electron chi connectivity index (χ1n) is 6.41. The Morgan fingerprint density at radius 1 is 0.800 bits per heavy atom. The van der Waals surface area contributed by atoms with E-state index in [2.05, 4.69) is 66.7 Å². The zero-order chi connectivity index (χ0) is 13.4. The fourth-order valence-electron chi connectivity index (χ4n) is 2.23. The molecule has 0 atom stereocenters. The van der Waals surface area contributed by atoms with E-state index in [9.17, 15) is 0 Å². The van der Waals surface area contributed by atoms with Gasteiger partial charge in [-0.15, -0.1) is 0 Å². The van der Waals surface area contributed by atoms with Crippen molar-refractivity contribution < 1.29 is 0 Å². The van der Waals surface area contributed by atoms with Crippen LogP contribution in [0.4, 0.5) is 0 Å². The van der Waals surface area contributed by atoms with E-state index in [-0.39, 0.29) is 15.0 Å². The number of nitrogens with zero attached hydrogens (tertiary/aromatic N) is 1. The van der Waals surface area contributed by atoms with Gasteiger partial charge in [0.25, 0.3) is 0 Å². The third-order valence-corrected chi connectivity index (χ3v) is 6.57. The van der Waals surface area contributed by atoms with E-state index in [4.69, 9.17) is 4.98 Å². The molecule has 1 heterocycles. The summed E-state index contributed by atoms with van der Waals surface area (Å²) in [6.07, 6.45) is 0. The molecular formula is C17H11NSSe. The predicted molar refractivity (Wildman–Crippen MR) is 88.6 cm³/mol. The Morgan fingerprint density at radius 3 is 2.50 bits per heavy atom. The van der Waals surface area contributed by atoms with E-state index in [0.29, 0.717) is 0 Å². The van der Waals surface area contributed by atoms with Gasteiger partial charge in [-0.2, -0.15) is 0 Å². The number of aromatic nitrogens is 1. The second kappa shape index (κ2) is 5.02. The van der Waals surface area contributed by atoms with E-state index in [1.165, 1.54) is 23.8 Å². The SMILES string of the molecule is c1ccc2cc([Se]c3nc4ccccc4s3)ccc2c1. The molecule has 0 aliphatic carbocycles. The molecule has 4 aromatic rings. The van der Waals surface area contributed by atoms with E-state index in [0.717, 1.165) is 5.52 Å². The van der Waals surface area contributed by atoms with Gasteiger partial charge in [0.1, 0.15) is 0 Å². The summed E-state index contributed by atoms with van der Waals surface area (Å²) < 4.78 is 3.91. The molecule has 0 radical (unpaired) electrons. The van der Waals surface area contributed by atoms with Gasteiger partial charge in [-0.3, -0.25) is 0 Å². The third-order valence-electron chi connectivity index (χ3n) is 3.20. The predicted octanol–water partition coefficient (Wildman–Crippen LogP) is 3.10. The summed E-state index contributed by atoms with van der Waals surface area (Å²) in [5.41, 5.74) is 1.12. The van der Waals surface area contributed by atoms with Gasteiger partial charge in [0.05, 0.1) is 0 Å².